The van der Waals surface area contributed by atoms with Gasteiger partial charge in [0, 0.05) is 49.0 Å². The quantitative estimate of drug-likeness (QED) is 0.926. The molecule has 0 saturated carbocycles. The molecule has 1 aromatic rings. The summed E-state index contributed by atoms with van der Waals surface area (Å²) in [4.78, 5) is 5.10. The number of nitrogens with zero attached hydrogens (tertiary/aromatic N) is 2. The van der Waals surface area contributed by atoms with Crippen molar-refractivity contribution < 1.29 is 0 Å². The lowest BCUT2D eigenvalue weighted by Crippen LogP contribution is -2.61. The molecule has 0 unspecified atom stereocenters. The van der Waals surface area contributed by atoms with Crippen LogP contribution in [0.2, 0.25) is 5.02 Å². The third-order valence-corrected chi connectivity index (χ3v) is 6.18. The third-order valence-electron chi connectivity index (χ3n) is 4.95. The fourth-order valence-corrected chi connectivity index (χ4v) is 4.87. The van der Waals surface area contributed by atoms with Gasteiger partial charge in [0.15, 0.2) is 0 Å². The van der Waals surface area contributed by atoms with Crippen molar-refractivity contribution >= 4 is 29.1 Å². The lowest BCUT2D eigenvalue weighted by molar-refractivity contribution is 0.0783. The minimum atomic E-state index is 0.261. The average molecular weight is 326 g/mol. The largest absolute Gasteiger partial charge is 0.369 e. The van der Waals surface area contributed by atoms with E-state index >= 15 is 0 Å². The van der Waals surface area contributed by atoms with Gasteiger partial charge >= 0.3 is 0 Å². The van der Waals surface area contributed by atoms with Crippen LogP contribution in [0.3, 0.4) is 0 Å². The maximum absolute atomic E-state index is 6.15. The molecule has 2 fully saturated rings. The van der Waals surface area contributed by atoms with Crippen LogP contribution in [0.4, 0.5) is 5.69 Å². The first-order valence-corrected chi connectivity index (χ1v) is 9.30. The predicted octanol–water partition coefficient (Wildman–Crippen LogP) is 2.69. The minimum absolute atomic E-state index is 0.261. The van der Waals surface area contributed by atoms with Crippen molar-refractivity contribution in [2.45, 2.75) is 18.4 Å². The van der Waals surface area contributed by atoms with Gasteiger partial charge in [-0.05, 0) is 48.6 Å². The maximum Gasteiger partial charge on any atom is 0.0407 e. The Hall–Kier alpha value is -0.420. The van der Waals surface area contributed by atoms with Crippen LogP contribution in [0.25, 0.3) is 0 Å². The molecule has 116 valence electrons. The highest BCUT2D eigenvalue weighted by Gasteiger charge is 2.38. The monoisotopic (exact) mass is 325 g/mol. The highest BCUT2D eigenvalue weighted by molar-refractivity contribution is 7.99. The van der Waals surface area contributed by atoms with E-state index in [0.717, 1.165) is 37.7 Å². The van der Waals surface area contributed by atoms with E-state index < -0.39 is 0 Å². The van der Waals surface area contributed by atoms with Crippen LogP contribution >= 0.6 is 23.4 Å². The average Bonchev–Trinajstić information content (AvgIpc) is 2.56. The summed E-state index contributed by atoms with van der Waals surface area (Å²) in [6.45, 7) is 5.19. The van der Waals surface area contributed by atoms with E-state index in [0.29, 0.717) is 0 Å². The molecule has 0 aromatic heterocycles. The Bertz CT molecular complexity index is 451. The third kappa shape index (κ3) is 3.34. The summed E-state index contributed by atoms with van der Waals surface area (Å²) in [5.74, 6) is 2.52. The molecular weight excluding hydrogens is 302 g/mol. The Labute approximate surface area is 136 Å². The standard InChI is InChI=1S/C16H24ClN3S/c17-14-1-3-15(4-2-14)19-7-9-20(10-8-19)16(13-18)5-11-21-12-6-16/h1-4H,5-13,18H2. The minimum Gasteiger partial charge on any atom is -0.369 e. The molecule has 1 aromatic carbocycles. The van der Waals surface area contributed by atoms with Crippen molar-refractivity contribution in [2.24, 2.45) is 5.73 Å². The van der Waals surface area contributed by atoms with Gasteiger partial charge in [0.05, 0.1) is 0 Å². The van der Waals surface area contributed by atoms with E-state index in [2.05, 4.69) is 33.7 Å². The number of benzene rings is 1. The summed E-state index contributed by atoms with van der Waals surface area (Å²) in [5.41, 5.74) is 7.69. The number of nitrogens with two attached hydrogens (primary N) is 1. The molecule has 2 saturated heterocycles. The Balaban J connectivity index is 1.63. The number of piperazine rings is 1. The smallest absolute Gasteiger partial charge is 0.0407 e. The number of hydrogen-bond acceptors (Lipinski definition) is 4. The van der Waals surface area contributed by atoms with Crippen LogP contribution in [0.15, 0.2) is 24.3 Å². The highest BCUT2D eigenvalue weighted by Crippen LogP contribution is 2.33. The summed E-state index contributed by atoms with van der Waals surface area (Å²) in [6.07, 6.45) is 2.49. The van der Waals surface area contributed by atoms with Gasteiger partial charge in [-0.1, -0.05) is 11.6 Å². The number of hydrogen-bond donors (Lipinski definition) is 1. The van der Waals surface area contributed by atoms with E-state index in [9.17, 15) is 0 Å². The molecule has 0 amide bonds. The van der Waals surface area contributed by atoms with Crippen LogP contribution < -0.4 is 10.6 Å². The summed E-state index contributed by atoms with van der Waals surface area (Å²) >= 11 is 8.04. The van der Waals surface area contributed by atoms with Gasteiger partial charge in [0.1, 0.15) is 0 Å². The zero-order chi connectivity index (χ0) is 14.7. The van der Waals surface area contributed by atoms with Crippen molar-refractivity contribution in [1.29, 1.82) is 0 Å². The van der Waals surface area contributed by atoms with E-state index in [4.69, 9.17) is 17.3 Å². The number of thioether (sulfide) groups is 1. The zero-order valence-electron chi connectivity index (χ0n) is 12.4. The second kappa shape index (κ2) is 6.78. The van der Waals surface area contributed by atoms with Crippen molar-refractivity contribution in [3.63, 3.8) is 0 Å². The van der Waals surface area contributed by atoms with E-state index in [-0.39, 0.29) is 5.54 Å². The van der Waals surface area contributed by atoms with Gasteiger partial charge in [-0.15, -0.1) is 0 Å². The summed E-state index contributed by atoms with van der Waals surface area (Å²) in [5, 5.41) is 0.805. The lowest BCUT2D eigenvalue weighted by Gasteiger charge is -2.49. The summed E-state index contributed by atoms with van der Waals surface area (Å²) in [6, 6.07) is 8.19. The zero-order valence-corrected chi connectivity index (χ0v) is 14.0. The van der Waals surface area contributed by atoms with Crippen molar-refractivity contribution in [1.82, 2.24) is 4.90 Å². The number of halogens is 1. The summed E-state index contributed by atoms with van der Waals surface area (Å²) in [7, 11) is 0. The van der Waals surface area contributed by atoms with Gasteiger partial charge in [-0.2, -0.15) is 11.8 Å². The van der Waals surface area contributed by atoms with Gasteiger partial charge in [0.2, 0.25) is 0 Å². The fourth-order valence-electron chi connectivity index (χ4n) is 3.49. The van der Waals surface area contributed by atoms with Crippen LogP contribution in [-0.2, 0) is 0 Å². The Kier molecular flexibility index (Phi) is 4.99. The van der Waals surface area contributed by atoms with Gasteiger partial charge in [-0.3, -0.25) is 4.90 Å². The van der Waals surface area contributed by atoms with Gasteiger partial charge < -0.3 is 10.6 Å². The lowest BCUT2D eigenvalue weighted by atomic mass is 9.89. The highest BCUT2D eigenvalue weighted by atomic mass is 35.5. The molecule has 2 aliphatic rings. The molecule has 2 aliphatic heterocycles. The Morgan fingerprint density at radius 3 is 2.24 bits per heavy atom. The molecule has 5 heteroatoms. The first-order valence-electron chi connectivity index (χ1n) is 7.77. The first-order chi connectivity index (χ1) is 10.2. The molecule has 3 rings (SSSR count). The van der Waals surface area contributed by atoms with E-state index in [1.807, 2.05) is 12.1 Å². The predicted molar refractivity (Wildman–Crippen MR) is 93.6 cm³/mol. The molecule has 0 radical (unpaired) electrons. The van der Waals surface area contributed by atoms with Crippen molar-refractivity contribution in [2.75, 3.05) is 49.1 Å². The molecule has 0 atom stereocenters. The molecule has 2 heterocycles. The van der Waals surface area contributed by atoms with Crippen LogP contribution in [0.5, 0.6) is 0 Å². The molecule has 0 spiro atoms. The fraction of sp³-hybridized carbons (Fsp3) is 0.625. The van der Waals surface area contributed by atoms with Crippen LogP contribution in [0.1, 0.15) is 12.8 Å². The van der Waals surface area contributed by atoms with Crippen LogP contribution in [0, 0.1) is 0 Å². The molecule has 0 aliphatic carbocycles. The first kappa shape index (κ1) is 15.5. The van der Waals surface area contributed by atoms with E-state index in [1.54, 1.807) is 0 Å². The molecule has 0 bridgehead atoms. The molecular formula is C16H24ClN3S. The topological polar surface area (TPSA) is 32.5 Å². The number of rotatable bonds is 3. The van der Waals surface area contributed by atoms with Crippen molar-refractivity contribution in [3.05, 3.63) is 29.3 Å². The van der Waals surface area contributed by atoms with Crippen molar-refractivity contribution in [3.8, 4) is 0 Å². The van der Waals surface area contributed by atoms with Gasteiger partial charge in [-0.25, -0.2) is 0 Å². The maximum atomic E-state index is 6.15. The molecule has 3 nitrogen and oxygen atoms in total. The second-order valence-electron chi connectivity index (χ2n) is 5.99. The Morgan fingerprint density at radius 2 is 1.67 bits per heavy atom. The summed E-state index contributed by atoms with van der Waals surface area (Å²) < 4.78 is 0. The second-order valence-corrected chi connectivity index (χ2v) is 7.65. The number of anilines is 1. The van der Waals surface area contributed by atoms with E-state index in [1.165, 1.54) is 30.0 Å². The Morgan fingerprint density at radius 1 is 1.05 bits per heavy atom. The van der Waals surface area contributed by atoms with Gasteiger partial charge in [0.25, 0.3) is 0 Å². The molecule has 2 N–H and O–H groups in total. The molecule has 21 heavy (non-hydrogen) atoms. The van der Waals surface area contributed by atoms with Crippen LogP contribution in [-0.4, -0.2) is 54.7 Å². The SMILES string of the molecule is NCC1(N2CCN(c3ccc(Cl)cc3)CC2)CCSCC1. The normalized spacial score (nSPS) is 23.2.